The van der Waals surface area contributed by atoms with Gasteiger partial charge in [0, 0.05) is 10.0 Å². The highest BCUT2D eigenvalue weighted by molar-refractivity contribution is 9.10. The average molecular weight is 349 g/mol. The molecule has 1 atom stereocenters. The van der Waals surface area contributed by atoms with Crippen molar-refractivity contribution in [3.63, 3.8) is 0 Å². The number of carbonyl (C=O) groups is 1. The summed E-state index contributed by atoms with van der Waals surface area (Å²) in [5.41, 5.74) is 0.906. The third kappa shape index (κ3) is 3.19. The van der Waals surface area contributed by atoms with Crippen molar-refractivity contribution in [1.82, 2.24) is 0 Å². The number of benzene rings is 2. The van der Waals surface area contributed by atoms with Gasteiger partial charge in [0.05, 0.1) is 0 Å². The van der Waals surface area contributed by atoms with Gasteiger partial charge in [0.1, 0.15) is 13.2 Å². The summed E-state index contributed by atoms with van der Waals surface area (Å²) in [4.78, 5) is 12.0. The highest BCUT2D eigenvalue weighted by Gasteiger charge is 2.28. The summed E-state index contributed by atoms with van der Waals surface area (Å²) in [6.45, 7) is 0.355. The van der Waals surface area contributed by atoms with Gasteiger partial charge in [0.25, 0.3) is 0 Å². The molecule has 0 saturated carbocycles. The van der Waals surface area contributed by atoms with E-state index in [1.54, 1.807) is 12.1 Å². The van der Waals surface area contributed by atoms with Crippen LogP contribution in [0.25, 0.3) is 0 Å². The summed E-state index contributed by atoms with van der Waals surface area (Å²) >= 11 is 3.42. The van der Waals surface area contributed by atoms with Crippen molar-refractivity contribution in [3.05, 3.63) is 58.6 Å². The molecular weight excluding hydrogens is 336 g/mol. The Labute approximate surface area is 130 Å². The molecule has 0 spiro atoms. The van der Waals surface area contributed by atoms with Crippen molar-refractivity contribution in [1.29, 1.82) is 0 Å². The van der Waals surface area contributed by atoms with Crippen molar-refractivity contribution < 1.29 is 19.0 Å². The smallest absolute Gasteiger partial charge is 0.351 e. The molecule has 4 nitrogen and oxygen atoms in total. The second-order valence-electron chi connectivity index (χ2n) is 4.56. The Morgan fingerprint density at radius 1 is 1.14 bits per heavy atom. The first-order valence-corrected chi connectivity index (χ1v) is 7.32. The normalized spacial score (nSPS) is 16.3. The van der Waals surface area contributed by atoms with Crippen molar-refractivity contribution in [3.8, 4) is 11.5 Å². The summed E-state index contributed by atoms with van der Waals surface area (Å²) in [7, 11) is 0. The Morgan fingerprint density at radius 3 is 2.67 bits per heavy atom. The van der Waals surface area contributed by atoms with Crippen LogP contribution in [-0.2, 0) is 16.1 Å². The fourth-order valence-electron chi connectivity index (χ4n) is 1.99. The van der Waals surface area contributed by atoms with Crippen LogP contribution in [0.2, 0.25) is 0 Å². The second-order valence-corrected chi connectivity index (χ2v) is 5.42. The summed E-state index contributed by atoms with van der Waals surface area (Å²) < 4.78 is 17.3. The second kappa shape index (κ2) is 6.18. The molecule has 0 aliphatic carbocycles. The van der Waals surface area contributed by atoms with E-state index >= 15 is 0 Å². The molecule has 2 aromatic rings. The van der Waals surface area contributed by atoms with Gasteiger partial charge in [-0.25, -0.2) is 4.79 Å². The van der Waals surface area contributed by atoms with Gasteiger partial charge in [-0.1, -0.05) is 46.3 Å². The van der Waals surface area contributed by atoms with E-state index in [9.17, 15) is 4.79 Å². The van der Waals surface area contributed by atoms with E-state index in [1.807, 2.05) is 36.4 Å². The summed E-state index contributed by atoms with van der Waals surface area (Å²) in [6, 6.07) is 14.9. The number of fused-ring (bicyclic) bond motifs is 1. The number of hydrogen-bond acceptors (Lipinski definition) is 4. The molecule has 1 aliphatic rings. The lowest BCUT2D eigenvalue weighted by molar-refractivity contribution is -0.155. The molecule has 5 heteroatoms. The topological polar surface area (TPSA) is 44.8 Å². The van der Waals surface area contributed by atoms with Crippen molar-refractivity contribution >= 4 is 21.9 Å². The Bertz CT molecular complexity index is 656. The Morgan fingerprint density at radius 2 is 1.86 bits per heavy atom. The largest absolute Gasteiger partial charge is 0.485 e. The zero-order valence-corrected chi connectivity index (χ0v) is 12.7. The van der Waals surface area contributed by atoms with Gasteiger partial charge in [-0.2, -0.15) is 0 Å². The van der Waals surface area contributed by atoms with Gasteiger partial charge in [0.15, 0.2) is 11.5 Å². The minimum atomic E-state index is -0.734. The number of esters is 1. The van der Waals surface area contributed by atoms with Crippen LogP contribution in [0.15, 0.2) is 53.0 Å². The number of halogens is 1. The van der Waals surface area contributed by atoms with Gasteiger partial charge in [-0.15, -0.1) is 0 Å². The molecule has 0 amide bonds. The first kappa shape index (κ1) is 13.9. The molecule has 108 valence electrons. The Hall–Kier alpha value is -2.01. The molecule has 0 aromatic heterocycles. The lowest BCUT2D eigenvalue weighted by atomic mass is 10.2. The minimum Gasteiger partial charge on any atom is -0.485 e. The van der Waals surface area contributed by atoms with Crippen LogP contribution >= 0.6 is 15.9 Å². The quantitative estimate of drug-likeness (QED) is 0.798. The van der Waals surface area contributed by atoms with Crippen LogP contribution in [0.1, 0.15) is 5.56 Å². The molecule has 1 heterocycles. The lowest BCUT2D eigenvalue weighted by Gasteiger charge is -2.25. The monoisotopic (exact) mass is 348 g/mol. The van der Waals surface area contributed by atoms with Gasteiger partial charge < -0.3 is 14.2 Å². The molecule has 0 radical (unpaired) electrons. The first-order chi connectivity index (χ1) is 10.2. The lowest BCUT2D eigenvalue weighted by Crippen LogP contribution is -2.37. The van der Waals surface area contributed by atoms with E-state index < -0.39 is 12.1 Å². The minimum absolute atomic E-state index is 0.159. The molecule has 0 bridgehead atoms. The molecule has 0 saturated heterocycles. The van der Waals surface area contributed by atoms with Gasteiger partial charge in [0.2, 0.25) is 6.10 Å². The van der Waals surface area contributed by atoms with Crippen molar-refractivity contribution in [2.24, 2.45) is 0 Å². The number of ether oxygens (including phenoxy) is 3. The highest BCUT2D eigenvalue weighted by atomic mass is 79.9. The standard InChI is InChI=1S/C16H13BrO4/c17-12-6-2-1-5-11(12)9-20-16(18)15-10-19-13-7-3-4-8-14(13)21-15/h1-8,15H,9-10H2/t15-/m1/s1. The summed E-state index contributed by atoms with van der Waals surface area (Å²) in [6.07, 6.45) is -0.734. The van der Waals surface area contributed by atoms with E-state index in [4.69, 9.17) is 14.2 Å². The molecule has 0 fully saturated rings. The van der Waals surface area contributed by atoms with Crippen LogP contribution in [0, 0.1) is 0 Å². The van der Waals surface area contributed by atoms with Crippen LogP contribution in [0.4, 0.5) is 0 Å². The SMILES string of the molecule is O=C(OCc1ccccc1Br)[C@H]1COc2ccccc2O1. The fourth-order valence-corrected chi connectivity index (χ4v) is 2.39. The average Bonchev–Trinajstić information content (AvgIpc) is 2.53. The maximum Gasteiger partial charge on any atom is 0.351 e. The third-order valence-corrected chi connectivity index (χ3v) is 3.87. The van der Waals surface area contributed by atoms with E-state index in [1.165, 1.54) is 0 Å². The maximum atomic E-state index is 12.0. The molecule has 0 unspecified atom stereocenters. The predicted molar refractivity (Wildman–Crippen MR) is 80.3 cm³/mol. The number of carbonyl (C=O) groups excluding carboxylic acids is 1. The Kier molecular flexibility index (Phi) is 4.10. The summed E-state index contributed by atoms with van der Waals surface area (Å²) in [5, 5.41) is 0. The van der Waals surface area contributed by atoms with E-state index in [0.29, 0.717) is 11.5 Å². The van der Waals surface area contributed by atoms with Crippen molar-refractivity contribution in [2.75, 3.05) is 6.61 Å². The molecule has 0 N–H and O–H groups in total. The number of para-hydroxylation sites is 2. The summed E-state index contributed by atoms with van der Waals surface area (Å²) in [5.74, 6) is 0.777. The zero-order chi connectivity index (χ0) is 14.7. The van der Waals surface area contributed by atoms with E-state index in [2.05, 4.69) is 15.9 Å². The highest BCUT2D eigenvalue weighted by Crippen LogP contribution is 2.31. The first-order valence-electron chi connectivity index (χ1n) is 6.52. The van der Waals surface area contributed by atoms with E-state index in [-0.39, 0.29) is 13.2 Å². The molecule has 21 heavy (non-hydrogen) atoms. The third-order valence-electron chi connectivity index (χ3n) is 3.10. The number of hydrogen-bond donors (Lipinski definition) is 0. The zero-order valence-electron chi connectivity index (χ0n) is 11.1. The van der Waals surface area contributed by atoms with Gasteiger partial charge in [-0.05, 0) is 18.2 Å². The predicted octanol–water partition coefficient (Wildman–Crippen LogP) is 3.33. The number of rotatable bonds is 3. The van der Waals surface area contributed by atoms with Crippen LogP contribution in [-0.4, -0.2) is 18.7 Å². The molecule has 3 rings (SSSR count). The fraction of sp³-hybridized carbons (Fsp3) is 0.188. The molecular formula is C16H13BrO4. The van der Waals surface area contributed by atoms with Gasteiger partial charge >= 0.3 is 5.97 Å². The molecule has 1 aliphatic heterocycles. The van der Waals surface area contributed by atoms with Crippen molar-refractivity contribution in [2.45, 2.75) is 12.7 Å². The van der Waals surface area contributed by atoms with Crippen LogP contribution in [0.3, 0.4) is 0 Å². The molecule has 2 aromatic carbocycles. The Balaban J connectivity index is 1.61. The maximum absolute atomic E-state index is 12.0. The van der Waals surface area contributed by atoms with Crippen LogP contribution in [0.5, 0.6) is 11.5 Å². The van der Waals surface area contributed by atoms with Crippen LogP contribution < -0.4 is 9.47 Å². The van der Waals surface area contributed by atoms with Gasteiger partial charge in [-0.3, -0.25) is 0 Å². The van der Waals surface area contributed by atoms with E-state index in [0.717, 1.165) is 10.0 Å².